The molecule has 0 spiro atoms. The topological polar surface area (TPSA) is 89.5 Å². The summed E-state index contributed by atoms with van der Waals surface area (Å²) in [5, 5.41) is 11.0. The monoisotopic (exact) mass is 377 g/mol. The quantitative estimate of drug-likeness (QED) is 0.653. The summed E-state index contributed by atoms with van der Waals surface area (Å²) in [6.45, 7) is 0. The maximum absolute atomic E-state index is 13.0. The molecule has 0 fully saturated rings. The van der Waals surface area contributed by atoms with Gasteiger partial charge in [0.1, 0.15) is 11.9 Å². The molecule has 2 N–H and O–H groups in total. The summed E-state index contributed by atoms with van der Waals surface area (Å²) in [7, 11) is 1.51. The largest absolute Gasteiger partial charge is 0.416 e. The molecule has 0 aromatic heterocycles. The van der Waals surface area contributed by atoms with Crippen molar-refractivity contribution in [1.29, 1.82) is 0 Å². The van der Waals surface area contributed by atoms with Gasteiger partial charge in [-0.2, -0.15) is 13.2 Å². The lowest BCUT2D eigenvalue weighted by molar-refractivity contribution is -0.384. The van der Waals surface area contributed by atoms with Crippen LogP contribution in [0.15, 0.2) is 54.4 Å². The number of benzene rings is 2. The van der Waals surface area contributed by atoms with Crippen LogP contribution in [-0.2, 0) is 11.0 Å². The van der Waals surface area contributed by atoms with Gasteiger partial charge in [-0.3, -0.25) is 14.9 Å². The first-order chi connectivity index (χ1) is 12.6. The molecule has 1 atom stereocenters. The highest BCUT2D eigenvalue weighted by molar-refractivity contribution is 6.26. The van der Waals surface area contributed by atoms with Crippen molar-refractivity contribution < 1.29 is 22.9 Å². The fourth-order valence-electron chi connectivity index (χ4n) is 3.08. The third-order valence-electron chi connectivity index (χ3n) is 4.39. The first-order valence-corrected chi connectivity index (χ1v) is 7.80. The number of nitro groups is 1. The number of carbonyl (C=O) groups is 1. The maximum Gasteiger partial charge on any atom is 0.416 e. The summed E-state index contributed by atoms with van der Waals surface area (Å²) in [5.74, 6) is -0.509. The van der Waals surface area contributed by atoms with Crippen LogP contribution in [0.2, 0.25) is 0 Å². The van der Waals surface area contributed by atoms with Crippen molar-refractivity contribution in [3.8, 4) is 0 Å². The molecule has 0 radical (unpaired) electrons. The molecule has 1 heterocycles. The van der Waals surface area contributed by atoms with Crippen molar-refractivity contribution in [3.05, 3.63) is 81.2 Å². The van der Waals surface area contributed by atoms with E-state index in [1.807, 2.05) is 0 Å². The molecule has 1 aliphatic heterocycles. The third kappa shape index (κ3) is 3.23. The summed E-state index contributed by atoms with van der Waals surface area (Å²) in [6, 6.07) is 8.90. The molecule has 3 rings (SSSR count). The van der Waals surface area contributed by atoms with Crippen LogP contribution >= 0.6 is 0 Å². The second-order valence-electron chi connectivity index (χ2n) is 6.07. The van der Waals surface area contributed by atoms with E-state index >= 15 is 0 Å². The van der Waals surface area contributed by atoms with Gasteiger partial charge in [-0.25, -0.2) is 0 Å². The number of hydrogen-bond acceptors (Lipinski definition) is 5. The van der Waals surface area contributed by atoms with E-state index in [4.69, 9.17) is 5.73 Å². The minimum absolute atomic E-state index is 0.0100. The first-order valence-electron chi connectivity index (χ1n) is 7.80. The Bertz CT molecular complexity index is 970. The normalized spacial score (nSPS) is 17.6. The fourth-order valence-corrected chi connectivity index (χ4v) is 3.08. The van der Waals surface area contributed by atoms with Crippen molar-refractivity contribution in [2.75, 3.05) is 7.05 Å². The summed E-state index contributed by atoms with van der Waals surface area (Å²) in [6.07, 6.45) is -4.56. The molecule has 2 aromatic rings. The Morgan fingerprint density at radius 3 is 2.44 bits per heavy atom. The van der Waals surface area contributed by atoms with Gasteiger partial charge < -0.3 is 10.6 Å². The molecule has 6 nitrogen and oxygen atoms in total. The van der Waals surface area contributed by atoms with Crippen LogP contribution in [0.1, 0.15) is 22.7 Å². The number of rotatable bonds is 3. The Labute approximate surface area is 151 Å². The molecule has 0 saturated heterocycles. The maximum atomic E-state index is 13.0. The molecule has 27 heavy (non-hydrogen) atoms. The lowest BCUT2D eigenvalue weighted by Gasteiger charge is -2.21. The Morgan fingerprint density at radius 2 is 1.81 bits per heavy atom. The zero-order chi connectivity index (χ0) is 19.9. The number of likely N-dealkylation sites (N-methyl/N-ethyl adjacent to an activating group) is 1. The molecule has 0 aliphatic carbocycles. The van der Waals surface area contributed by atoms with E-state index in [-0.39, 0.29) is 22.6 Å². The number of nitro benzene ring substituents is 1. The number of nitrogens with zero attached hydrogens (tertiary/aromatic N) is 2. The highest BCUT2D eigenvalue weighted by Crippen LogP contribution is 2.39. The Hall–Kier alpha value is -3.36. The Balaban J connectivity index is 2.04. The molecular formula is C18H14F3N3O3. The molecule has 0 saturated carbocycles. The fraction of sp³-hybridized carbons (Fsp3) is 0.167. The number of nitrogens with two attached hydrogens (primary N) is 1. The van der Waals surface area contributed by atoms with Crippen molar-refractivity contribution in [3.63, 3.8) is 0 Å². The molecule has 1 unspecified atom stereocenters. The van der Waals surface area contributed by atoms with Gasteiger partial charge in [0.2, 0.25) is 0 Å². The number of Topliss-reactive ketones (excluding diaryl/α,β-unsaturated/α-hetero) is 1. The molecule has 0 bridgehead atoms. The Kier molecular flexibility index (Phi) is 4.38. The summed E-state index contributed by atoms with van der Waals surface area (Å²) >= 11 is 0. The average Bonchev–Trinajstić information content (AvgIpc) is 2.83. The van der Waals surface area contributed by atoms with Gasteiger partial charge in [-0.15, -0.1) is 0 Å². The van der Waals surface area contributed by atoms with Gasteiger partial charge in [-0.1, -0.05) is 24.3 Å². The van der Waals surface area contributed by atoms with Crippen LogP contribution in [-0.4, -0.2) is 22.7 Å². The smallest absolute Gasteiger partial charge is 0.385 e. The molecule has 2 aromatic carbocycles. The molecule has 140 valence electrons. The summed E-state index contributed by atoms with van der Waals surface area (Å²) < 4.78 is 38.9. The zero-order valence-electron chi connectivity index (χ0n) is 14.0. The van der Waals surface area contributed by atoms with Crippen LogP contribution in [0.5, 0.6) is 0 Å². The van der Waals surface area contributed by atoms with E-state index in [2.05, 4.69) is 0 Å². The predicted molar refractivity (Wildman–Crippen MR) is 91.2 cm³/mol. The first kappa shape index (κ1) is 18.4. The minimum Gasteiger partial charge on any atom is -0.385 e. The van der Waals surface area contributed by atoms with E-state index in [1.54, 1.807) is 0 Å². The lowest BCUT2D eigenvalue weighted by atomic mass is 9.95. The van der Waals surface area contributed by atoms with Crippen molar-refractivity contribution >= 4 is 17.0 Å². The third-order valence-corrected chi connectivity index (χ3v) is 4.39. The minimum atomic E-state index is -4.56. The lowest BCUT2D eigenvalue weighted by Crippen LogP contribution is -2.25. The number of ketones is 1. The van der Waals surface area contributed by atoms with Crippen LogP contribution in [0, 0.1) is 10.1 Å². The van der Waals surface area contributed by atoms with Gasteiger partial charge >= 0.3 is 6.18 Å². The number of carbonyl (C=O) groups excluding carboxylic acids is 1. The summed E-state index contributed by atoms with van der Waals surface area (Å²) in [5.41, 5.74) is 5.25. The van der Waals surface area contributed by atoms with Crippen molar-refractivity contribution in [2.24, 2.45) is 5.73 Å². The van der Waals surface area contributed by atoms with Gasteiger partial charge in [-0.05, 0) is 23.3 Å². The Morgan fingerprint density at radius 1 is 1.15 bits per heavy atom. The van der Waals surface area contributed by atoms with Crippen LogP contribution in [0.25, 0.3) is 5.57 Å². The second kappa shape index (κ2) is 6.42. The van der Waals surface area contributed by atoms with E-state index in [0.29, 0.717) is 5.56 Å². The average molecular weight is 377 g/mol. The predicted octanol–water partition coefficient (Wildman–Crippen LogP) is 3.50. The van der Waals surface area contributed by atoms with Gasteiger partial charge in [0, 0.05) is 19.2 Å². The second-order valence-corrected chi connectivity index (χ2v) is 6.07. The SMILES string of the molecule is CN1C(N)=C(c2cccc(C(F)(F)F)c2)C(=O)C1c1cccc([N+](=O)[O-])c1. The van der Waals surface area contributed by atoms with Gasteiger partial charge in [0.25, 0.3) is 5.69 Å². The van der Waals surface area contributed by atoms with Crippen molar-refractivity contribution in [2.45, 2.75) is 12.2 Å². The van der Waals surface area contributed by atoms with E-state index < -0.39 is 28.5 Å². The molecule has 1 aliphatic rings. The number of alkyl halides is 3. The highest BCUT2D eigenvalue weighted by atomic mass is 19.4. The van der Waals surface area contributed by atoms with E-state index in [0.717, 1.165) is 12.1 Å². The highest BCUT2D eigenvalue weighted by Gasteiger charge is 2.39. The van der Waals surface area contributed by atoms with Crippen LogP contribution < -0.4 is 5.73 Å². The van der Waals surface area contributed by atoms with Crippen molar-refractivity contribution in [1.82, 2.24) is 4.90 Å². The van der Waals surface area contributed by atoms with Gasteiger partial charge in [0.05, 0.1) is 16.1 Å². The molecule has 9 heteroatoms. The summed E-state index contributed by atoms with van der Waals surface area (Å²) in [4.78, 5) is 24.7. The standard InChI is InChI=1S/C18H14F3N3O3/c1-23-15(11-5-3-7-13(9-11)24(26)27)16(25)14(17(23)22)10-4-2-6-12(8-10)18(19,20)21/h2-9,15H,22H2,1H3. The zero-order valence-corrected chi connectivity index (χ0v) is 14.0. The number of hydrogen-bond donors (Lipinski definition) is 1. The molecule has 0 amide bonds. The van der Waals surface area contributed by atoms with Crippen LogP contribution in [0.4, 0.5) is 18.9 Å². The number of halogens is 3. The van der Waals surface area contributed by atoms with Crippen LogP contribution in [0.3, 0.4) is 0 Å². The molecular weight excluding hydrogens is 363 g/mol. The van der Waals surface area contributed by atoms with Gasteiger partial charge in [0.15, 0.2) is 5.78 Å². The van der Waals surface area contributed by atoms with E-state index in [1.165, 1.54) is 48.3 Å². The number of non-ortho nitro benzene ring substituents is 1. The van der Waals surface area contributed by atoms with E-state index in [9.17, 15) is 28.1 Å².